The molecule has 0 aliphatic carbocycles. The summed E-state index contributed by atoms with van der Waals surface area (Å²) in [5.74, 6) is 0.282. The quantitative estimate of drug-likeness (QED) is 0.364. The number of hydrogen-bond acceptors (Lipinski definition) is 3. The van der Waals surface area contributed by atoms with Crippen molar-refractivity contribution in [1.29, 1.82) is 0 Å². The van der Waals surface area contributed by atoms with Crippen LogP contribution < -0.4 is 10.6 Å². The third-order valence-electron chi connectivity index (χ3n) is 7.07. The van der Waals surface area contributed by atoms with Crippen molar-refractivity contribution in [2.24, 2.45) is 11.7 Å². The number of nitrogens with zero attached hydrogens (tertiary/aromatic N) is 3. The number of carbonyl (C=O) groups excluding carboxylic acids is 1. The van der Waals surface area contributed by atoms with Crippen molar-refractivity contribution in [2.75, 3.05) is 18.0 Å². The highest BCUT2D eigenvalue weighted by atomic mass is 35.5. The SMILES string of the molecule is CCc1nc2cc(Cl)cc(Cc3ccc(N4CCC(Cc5ccccc5)CC4)cc3)n2c1C(N)=O. The molecule has 4 aromatic rings. The number of pyridine rings is 1. The lowest BCUT2D eigenvalue weighted by atomic mass is 9.90. The molecule has 0 bridgehead atoms. The summed E-state index contributed by atoms with van der Waals surface area (Å²) in [6.07, 6.45) is 4.87. The summed E-state index contributed by atoms with van der Waals surface area (Å²) in [6.45, 7) is 4.14. The number of amides is 1. The molecule has 1 fully saturated rings. The molecule has 3 heterocycles. The van der Waals surface area contributed by atoms with E-state index in [9.17, 15) is 4.79 Å². The zero-order valence-corrected chi connectivity index (χ0v) is 20.8. The molecule has 0 spiro atoms. The van der Waals surface area contributed by atoms with Gasteiger partial charge in [-0.25, -0.2) is 4.98 Å². The van der Waals surface area contributed by atoms with E-state index in [4.69, 9.17) is 17.3 Å². The molecule has 6 heteroatoms. The van der Waals surface area contributed by atoms with Gasteiger partial charge in [-0.05, 0) is 60.9 Å². The molecule has 1 aliphatic rings. The van der Waals surface area contributed by atoms with E-state index in [2.05, 4.69) is 64.5 Å². The standard InChI is InChI=1S/C29H31ClN4O/c1-2-26-28(29(31)35)34-25(18-23(30)19-27(34)32-26)17-21-8-10-24(11-9-21)33-14-12-22(13-15-33)16-20-6-4-3-5-7-20/h3-11,18-19,22H,2,12-17H2,1H3,(H2,31,35). The number of anilines is 1. The van der Waals surface area contributed by atoms with E-state index < -0.39 is 5.91 Å². The van der Waals surface area contributed by atoms with Gasteiger partial charge in [0.2, 0.25) is 0 Å². The lowest BCUT2D eigenvalue weighted by Crippen LogP contribution is -2.34. The monoisotopic (exact) mass is 486 g/mol. The van der Waals surface area contributed by atoms with Gasteiger partial charge in [-0.3, -0.25) is 9.20 Å². The molecular weight excluding hydrogens is 456 g/mol. The number of piperidine rings is 1. The molecule has 5 rings (SSSR count). The van der Waals surface area contributed by atoms with E-state index in [1.807, 2.05) is 17.4 Å². The van der Waals surface area contributed by atoms with Crippen molar-refractivity contribution < 1.29 is 4.79 Å². The van der Waals surface area contributed by atoms with Gasteiger partial charge in [-0.1, -0.05) is 61.0 Å². The van der Waals surface area contributed by atoms with Crippen molar-refractivity contribution in [3.05, 3.63) is 100.0 Å². The maximum absolute atomic E-state index is 12.2. The molecule has 1 aliphatic heterocycles. The average molecular weight is 487 g/mol. The van der Waals surface area contributed by atoms with Gasteiger partial charge in [-0.15, -0.1) is 0 Å². The van der Waals surface area contributed by atoms with Crippen molar-refractivity contribution in [1.82, 2.24) is 9.38 Å². The molecule has 1 saturated heterocycles. The molecular formula is C29H31ClN4O. The van der Waals surface area contributed by atoms with Crippen LogP contribution in [0, 0.1) is 5.92 Å². The first kappa shape index (κ1) is 23.4. The highest BCUT2D eigenvalue weighted by Gasteiger charge is 2.21. The summed E-state index contributed by atoms with van der Waals surface area (Å²) in [5, 5.41) is 0.603. The van der Waals surface area contributed by atoms with E-state index >= 15 is 0 Å². The Kier molecular flexibility index (Phi) is 6.78. The zero-order chi connectivity index (χ0) is 24.4. The fourth-order valence-corrected chi connectivity index (χ4v) is 5.49. The maximum atomic E-state index is 12.2. The van der Waals surface area contributed by atoms with E-state index in [0.717, 1.165) is 30.3 Å². The van der Waals surface area contributed by atoms with Gasteiger partial charge in [0.1, 0.15) is 11.3 Å². The van der Waals surface area contributed by atoms with Crippen LogP contribution in [-0.2, 0) is 19.3 Å². The van der Waals surface area contributed by atoms with Crippen molar-refractivity contribution in [3.8, 4) is 0 Å². The number of imidazole rings is 1. The molecule has 1 amide bonds. The number of aromatic nitrogens is 2. The van der Waals surface area contributed by atoms with Crippen LogP contribution in [-0.4, -0.2) is 28.4 Å². The summed E-state index contributed by atoms with van der Waals surface area (Å²) < 4.78 is 1.86. The Morgan fingerprint density at radius 3 is 2.40 bits per heavy atom. The first-order valence-electron chi connectivity index (χ1n) is 12.4. The number of fused-ring (bicyclic) bond motifs is 1. The smallest absolute Gasteiger partial charge is 0.267 e. The Morgan fingerprint density at radius 2 is 1.74 bits per heavy atom. The van der Waals surface area contributed by atoms with Gasteiger partial charge in [0.15, 0.2) is 0 Å². The second-order valence-corrected chi connectivity index (χ2v) is 9.88. The van der Waals surface area contributed by atoms with Gasteiger partial charge in [0.05, 0.1) is 5.69 Å². The molecule has 0 unspecified atom stereocenters. The fourth-order valence-electron chi connectivity index (χ4n) is 5.27. The van der Waals surface area contributed by atoms with Crippen LogP contribution in [0.5, 0.6) is 0 Å². The van der Waals surface area contributed by atoms with Gasteiger partial charge < -0.3 is 10.6 Å². The second-order valence-electron chi connectivity index (χ2n) is 9.45. The molecule has 5 nitrogen and oxygen atoms in total. The van der Waals surface area contributed by atoms with Gasteiger partial charge in [-0.2, -0.15) is 0 Å². The third-order valence-corrected chi connectivity index (χ3v) is 7.29. The number of nitrogens with two attached hydrogens (primary N) is 1. The van der Waals surface area contributed by atoms with Gasteiger partial charge in [0.25, 0.3) is 5.91 Å². The molecule has 2 N–H and O–H groups in total. The molecule has 0 saturated carbocycles. The summed E-state index contributed by atoms with van der Waals surface area (Å²) >= 11 is 6.39. The number of aryl methyl sites for hydroxylation is 1. The lowest BCUT2D eigenvalue weighted by molar-refractivity contribution is 0.0993. The van der Waals surface area contributed by atoms with Crippen molar-refractivity contribution >= 4 is 28.8 Å². The second kappa shape index (κ2) is 10.1. The highest BCUT2D eigenvalue weighted by Crippen LogP contribution is 2.27. The number of primary amides is 1. The predicted molar refractivity (Wildman–Crippen MR) is 142 cm³/mol. The summed E-state index contributed by atoms with van der Waals surface area (Å²) in [5.41, 5.74) is 12.3. The van der Waals surface area contributed by atoms with Crippen molar-refractivity contribution in [2.45, 2.75) is 39.0 Å². The molecule has 180 valence electrons. The first-order valence-corrected chi connectivity index (χ1v) is 12.8. The maximum Gasteiger partial charge on any atom is 0.267 e. The predicted octanol–water partition coefficient (Wildman–Crippen LogP) is 5.70. The number of benzene rings is 2. The topological polar surface area (TPSA) is 63.6 Å². The van der Waals surface area contributed by atoms with Crippen LogP contribution in [0.15, 0.2) is 66.7 Å². The number of rotatable bonds is 7. The Hall–Kier alpha value is -3.31. The molecule has 0 radical (unpaired) electrons. The van der Waals surface area contributed by atoms with Crippen LogP contribution in [0.25, 0.3) is 5.65 Å². The molecule has 35 heavy (non-hydrogen) atoms. The van der Waals surface area contributed by atoms with Gasteiger partial charge in [0, 0.05) is 42.0 Å². The Balaban J connectivity index is 1.30. The van der Waals surface area contributed by atoms with Crippen LogP contribution in [0.4, 0.5) is 5.69 Å². The van der Waals surface area contributed by atoms with E-state index in [1.54, 1.807) is 6.07 Å². The summed E-state index contributed by atoms with van der Waals surface area (Å²) in [6, 6.07) is 23.2. The minimum absolute atomic E-state index is 0.448. The van der Waals surface area contributed by atoms with Gasteiger partial charge >= 0.3 is 0 Å². The van der Waals surface area contributed by atoms with Crippen LogP contribution in [0.3, 0.4) is 0 Å². The van der Waals surface area contributed by atoms with Crippen LogP contribution >= 0.6 is 11.6 Å². The highest BCUT2D eigenvalue weighted by molar-refractivity contribution is 6.31. The van der Waals surface area contributed by atoms with Crippen LogP contribution in [0.2, 0.25) is 5.02 Å². The number of halogens is 1. The average Bonchev–Trinajstić information content (AvgIpc) is 3.25. The minimum atomic E-state index is -0.469. The van der Waals surface area contributed by atoms with Crippen LogP contribution in [0.1, 0.15) is 52.8 Å². The fraction of sp³-hybridized carbons (Fsp3) is 0.310. The Bertz CT molecular complexity index is 1320. The van der Waals surface area contributed by atoms with E-state index in [-0.39, 0.29) is 0 Å². The zero-order valence-electron chi connectivity index (χ0n) is 20.1. The largest absolute Gasteiger partial charge is 0.372 e. The molecule has 2 aromatic heterocycles. The minimum Gasteiger partial charge on any atom is -0.372 e. The third kappa shape index (κ3) is 5.06. The molecule has 0 atom stereocenters. The Morgan fingerprint density at radius 1 is 1.03 bits per heavy atom. The number of hydrogen-bond donors (Lipinski definition) is 1. The lowest BCUT2D eigenvalue weighted by Gasteiger charge is -2.33. The van der Waals surface area contributed by atoms with E-state index in [1.165, 1.54) is 30.5 Å². The molecule has 2 aromatic carbocycles. The Labute approximate surface area is 211 Å². The van der Waals surface area contributed by atoms with E-state index in [0.29, 0.717) is 34.9 Å². The number of carbonyl (C=O) groups is 1. The van der Waals surface area contributed by atoms with Crippen molar-refractivity contribution in [3.63, 3.8) is 0 Å². The summed E-state index contributed by atoms with van der Waals surface area (Å²) in [7, 11) is 0. The first-order chi connectivity index (χ1) is 17.0. The normalized spacial score (nSPS) is 14.5. The summed E-state index contributed by atoms with van der Waals surface area (Å²) in [4.78, 5) is 19.3.